The summed E-state index contributed by atoms with van der Waals surface area (Å²) in [7, 11) is 0. The fraction of sp³-hybridized carbons (Fsp3) is 0.706. The van der Waals surface area contributed by atoms with E-state index in [2.05, 4.69) is 10.00 Å². The number of hydrogen-bond donors (Lipinski definition) is 1. The predicted octanol–water partition coefficient (Wildman–Crippen LogP) is -0.601. The summed E-state index contributed by atoms with van der Waals surface area (Å²) >= 11 is 0. The van der Waals surface area contributed by atoms with Gasteiger partial charge in [0.05, 0.1) is 6.10 Å². The highest BCUT2D eigenvalue weighted by Crippen LogP contribution is 2.19. The molecule has 0 saturated carbocycles. The van der Waals surface area contributed by atoms with Gasteiger partial charge in [-0.2, -0.15) is 5.10 Å². The minimum absolute atomic E-state index is 0.0176. The molecule has 0 spiro atoms. The number of likely N-dealkylation sites (tertiary alicyclic amines) is 1. The van der Waals surface area contributed by atoms with E-state index in [-0.39, 0.29) is 18.4 Å². The van der Waals surface area contributed by atoms with Gasteiger partial charge in [0.2, 0.25) is 11.8 Å². The molecule has 1 aromatic rings. The van der Waals surface area contributed by atoms with Crippen molar-refractivity contribution in [1.29, 1.82) is 0 Å². The molecular formula is C17H27N5O3. The molecule has 2 aliphatic heterocycles. The fourth-order valence-corrected chi connectivity index (χ4v) is 3.75. The number of β-amino-alcohol motifs (C(OH)–C–C–N with tert-alkyl or cyclic N) is 1. The maximum absolute atomic E-state index is 12.5. The number of carbonyl (C=O) groups excluding carboxylic acids is 2. The number of hydrogen-bond acceptors (Lipinski definition) is 5. The summed E-state index contributed by atoms with van der Waals surface area (Å²) in [6, 6.07) is 2.16. The van der Waals surface area contributed by atoms with Crippen LogP contribution in [0.3, 0.4) is 0 Å². The van der Waals surface area contributed by atoms with Crippen LogP contribution in [0.4, 0.5) is 0 Å². The highest BCUT2D eigenvalue weighted by atomic mass is 16.3. The lowest BCUT2D eigenvalue weighted by Gasteiger charge is -2.38. The summed E-state index contributed by atoms with van der Waals surface area (Å²) in [6.45, 7) is 5.68. The van der Waals surface area contributed by atoms with Gasteiger partial charge in [0.1, 0.15) is 6.54 Å². The number of nitrogens with zero attached hydrogens (tertiary/aromatic N) is 5. The van der Waals surface area contributed by atoms with Crippen molar-refractivity contribution in [3.8, 4) is 0 Å². The summed E-state index contributed by atoms with van der Waals surface area (Å²) in [5.74, 6) is 0.112. The Morgan fingerprint density at radius 3 is 2.52 bits per heavy atom. The molecule has 3 heterocycles. The molecule has 0 aliphatic carbocycles. The van der Waals surface area contributed by atoms with E-state index in [1.165, 1.54) is 0 Å². The van der Waals surface area contributed by atoms with E-state index in [1.807, 2.05) is 4.90 Å². The molecule has 1 atom stereocenters. The van der Waals surface area contributed by atoms with E-state index < -0.39 is 6.10 Å². The molecule has 1 N–H and O–H groups in total. The first-order valence-electron chi connectivity index (χ1n) is 8.96. The van der Waals surface area contributed by atoms with Crippen molar-refractivity contribution in [3.05, 3.63) is 18.5 Å². The van der Waals surface area contributed by atoms with Crippen LogP contribution in [0.2, 0.25) is 0 Å². The summed E-state index contributed by atoms with van der Waals surface area (Å²) in [6.07, 6.45) is 4.72. The highest BCUT2D eigenvalue weighted by Gasteiger charge is 2.30. The van der Waals surface area contributed by atoms with Gasteiger partial charge in [-0.25, -0.2) is 0 Å². The summed E-state index contributed by atoms with van der Waals surface area (Å²) in [5, 5.41) is 14.4. The zero-order chi connectivity index (χ0) is 17.8. The molecule has 3 rings (SSSR count). The van der Waals surface area contributed by atoms with Crippen LogP contribution < -0.4 is 0 Å². The monoisotopic (exact) mass is 349 g/mol. The van der Waals surface area contributed by atoms with Crippen molar-refractivity contribution in [3.63, 3.8) is 0 Å². The van der Waals surface area contributed by atoms with Crippen LogP contribution >= 0.6 is 0 Å². The largest absolute Gasteiger partial charge is 0.390 e. The zero-order valence-corrected chi connectivity index (χ0v) is 14.8. The van der Waals surface area contributed by atoms with Crippen LogP contribution in [0.5, 0.6) is 0 Å². The van der Waals surface area contributed by atoms with E-state index in [9.17, 15) is 14.7 Å². The molecule has 2 saturated heterocycles. The molecule has 2 fully saturated rings. The number of aromatic nitrogens is 2. The van der Waals surface area contributed by atoms with Gasteiger partial charge in [-0.15, -0.1) is 0 Å². The van der Waals surface area contributed by atoms with Gasteiger partial charge in [-0.3, -0.25) is 19.2 Å². The number of aliphatic hydroxyl groups excluding tert-OH is 1. The molecule has 0 aromatic carbocycles. The van der Waals surface area contributed by atoms with Crippen molar-refractivity contribution >= 4 is 11.8 Å². The number of amides is 2. The van der Waals surface area contributed by atoms with Crippen molar-refractivity contribution in [2.24, 2.45) is 0 Å². The Labute approximate surface area is 148 Å². The smallest absolute Gasteiger partial charge is 0.244 e. The standard InChI is InChI=1S/C17H27N5O3/c1-14(23)19-7-3-15(4-8-19)20-9-10-21(12-16(24)11-20)17(25)13-22-6-2-5-18-22/h2,5-6,15-16,24H,3-4,7-13H2,1H3/t16-/m0/s1. The minimum atomic E-state index is -0.546. The number of rotatable bonds is 3. The maximum Gasteiger partial charge on any atom is 0.244 e. The van der Waals surface area contributed by atoms with Crippen LogP contribution in [0.25, 0.3) is 0 Å². The predicted molar refractivity (Wildman–Crippen MR) is 91.7 cm³/mol. The summed E-state index contributed by atoms with van der Waals surface area (Å²) in [5.41, 5.74) is 0. The van der Waals surface area contributed by atoms with Gasteiger partial charge >= 0.3 is 0 Å². The SMILES string of the molecule is CC(=O)N1CCC(N2CCN(C(=O)Cn3cccn3)C[C@@H](O)C2)CC1. The lowest BCUT2D eigenvalue weighted by atomic mass is 10.0. The molecule has 8 heteroatoms. The second-order valence-corrected chi connectivity index (χ2v) is 6.93. The number of carbonyl (C=O) groups is 2. The van der Waals surface area contributed by atoms with Crippen molar-refractivity contribution in [2.45, 2.75) is 38.5 Å². The van der Waals surface area contributed by atoms with E-state index >= 15 is 0 Å². The Bertz CT molecular complexity index is 583. The first-order chi connectivity index (χ1) is 12.0. The quantitative estimate of drug-likeness (QED) is 0.788. The average molecular weight is 349 g/mol. The van der Waals surface area contributed by atoms with Gasteiger partial charge < -0.3 is 14.9 Å². The second-order valence-electron chi connectivity index (χ2n) is 6.93. The molecule has 138 valence electrons. The van der Waals surface area contributed by atoms with Crippen molar-refractivity contribution < 1.29 is 14.7 Å². The van der Waals surface area contributed by atoms with Gasteiger partial charge in [0.25, 0.3) is 0 Å². The molecule has 0 radical (unpaired) electrons. The van der Waals surface area contributed by atoms with Crippen molar-refractivity contribution in [2.75, 3.05) is 39.3 Å². The van der Waals surface area contributed by atoms with Crippen LogP contribution in [-0.2, 0) is 16.1 Å². The Balaban J connectivity index is 1.54. The van der Waals surface area contributed by atoms with Crippen LogP contribution in [0.1, 0.15) is 19.8 Å². The number of aliphatic hydroxyl groups is 1. The molecule has 2 amide bonds. The molecule has 0 unspecified atom stereocenters. The molecular weight excluding hydrogens is 322 g/mol. The molecule has 2 aliphatic rings. The lowest BCUT2D eigenvalue weighted by molar-refractivity contribution is -0.133. The van der Waals surface area contributed by atoms with E-state index in [1.54, 1.807) is 35.0 Å². The highest BCUT2D eigenvalue weighted by molar-refractivity contribution is 5.76. The van der Waals surface area contributed by atoms with Gasteiger partial charge in [0.15, 0.2) is 0 Å². The lowest BCUT2D eigenvalue weighted by Crippen LogP contribution is -2.48. The third-order valence-electron chi connectivity index (χ3n) is 5.17. The molecule has 1 aromatic heterocycles. The van der Waals surface area contributed by atoms with Crippen LogP contribution in [-0.4, -0.2) is 92.8 Å². The van der Waals surface area contributed by atoms with Crippen molar-refractivity contribution in [1.82, 2.24) is 24.5 Å². The second kappa shape index (κ2) is 7.97. The van der Waals surface area contributed by atoms with Gasteiger partial charge in [-0.1, -0.05) is 0 Å². The third kappa shape index (κ3) is 4.58. The third-order valence-corrected chi connectivity index (χ3v) is 5.17. The van der Waals surface area contributed by atoms with E-state index in [0.29, 0.717) is 25.7 Å². The Morgan fingerprint density at radius 1 is 1.12 bits per heavy atom. The Kier molecular flexibility index (Phi) is 5.70. The van der Waals surface area contributed by atoms with Gasteiger partial charge in [-0.05, 0) is 18.9 Å². The number of piperidine rings is 1. The van der Waals surface area contributed by atoms with Gasteiger partial charge in [0, 0.05) is 64.6 Å². The first kappa shape index (κ1) is 17.9. The summed E-state index contributed by atoms with van der Waals surface area (Å²) in [4.78, 5) is 29.8. The topological polar surface area (TPSA) is 81.9 Å². The fourth-order valence-electron chi connectivity index (χ4n) is 3.75. The Morgan fingerprint density at radius 2 is 1.88 bits per heavy atom. The minimum Gasteiger partial charge on any atom is -0.390 e. The molecule has 8 nitrogen and oxygen atoms in total. The zero-order valence-electron chi connectivity index (χ0n) is 14.8. The average Bonchev–Trinajstić information content (AvgIpc) is 3.02. The van der Waals surface area contributed by atoms with E-state index in [0.717, 1.165) is 32.5 Å². The van der Waals surface area contributed by atoms with E-state index in [4.69, 9.17) is 0 Å². The molecule has 0 bridgehead atoms. The summed E-state index contributed by atoms with van der Waals surface area (Å²) < 4.78 is 1.61. The molecule has 25 heavy (non-hydrogen) atoms. The van der Waals surface area contributed by atoms with Crippen LogP contribution in [0, 0.1) is 0 Å². The Hall–Kier alpha value is -1.93. The normalized spacial score (nSPS) is 23.5. The first-order valence-corrected chi connectivity index (χ1v) is 8.96. The van der Waals surface area contributed by atoms with Crippen LogP contribution in [0.15, 0.2) is 18.5 Å². The maximum atomic E-state index is 12.5.